The van der Waals surface area contributed by atoms with Crippen molar-refractivity contribution in [3.63, 3.8) is 0 Å². The molecule has 6 nitrogen and oxygen atoms in total. The second-order valence-electron chi connectivity index (χ2n) is 7.48. The number of amides is 1. The molecule has 1 atom stereocenters. The molecule has 0 bridgehead atoms. The lowest BCUT2D eigenvalue weighted by Gasteiger charge is -2.22. The first-order chi connectivity index (χ1) is 13.5. The highest BCUT2D eigenvalue weighted by Crippen LogP contribution is 2.27. The molecule has 2 aromatic rings. The van der Waals surface area contributed by atoms with Gasteiger partial charge in [-0.05, 0) is 38.0 Å². The Morgan fingerprint density at radius 1 is 1.29 bits per heavy atom. The van der Waals surface area contributed by atoms with Gasteiger partial charge in [0.2, 0.25) is 0 Å². The van der Waals surface area contributed by atoms with E-state index in [9.17, 15) is 9.90 Å². The number of hydrogen-bond acceptors (Lipinski definition) is 4. The second kappa shape index (κ2) is 9.54. The van der Waals surface area contributed by atoms with Gasteiger partial charge in [-0.3, -0.25) is 9.48 Å². The summed E-state index contributed by atoms with van der Waals surface area (Å²) in [6.45, 7) is 2.34. The van der Waals surface area contributed by atoms with E-state index in [0.29, 0.717) is 22.8 Å². The highest BCUT2D eigenvalue weighted by molar-refractivity contribution is 6.34. The lowest BCUT2D eigenvalue weighted by atomic mass is 9.98. The van der Waals surface area contributed by atoms with Crippen molar-refractivity contribution in [1.29, 1.82) is 0 Å². The Kier molecular flexibility index (Phi) is 7.10. The standard InChI is InChI=1S/C21H28ClN3O3/c1-14-12-19(24-25(14)10-11-26)16-8-9-18(22)17(13-16)21(28)23-20(27)15-6-4-2-3-5-7-15/h8-9,12-13,15,20,26-27H,2-7,10-11H2,1H3,(H,23,28). The van der Waals surface area contributed by atoms with Crippen LogP contribution in [0.2, 0.25) is 5.02 Å². The molecule has 152 valence electrons. The maximum Gasteiger partial charge on any atom is 0.254 e. The topological polar surface area (TPSA) is 87.4 Å². The van der Waals surface area contributed by atoms with Crippen LogP contribution in [0.3, 0.4) is 0 Å². The quantitative estimate of drug-likeness (QED) is 0.506. The van der Waals surface area contributed by atoms with Crippen molar-refractivity contribution in [2.45, 2.75) is 58.2 Å². The predicted molar refractivity (Wildman–Crippen MR) is 109 cm³/mol. The Balaban J connectivity index is 1.77. The summed E-state index contributed by atoms with van der Waals surface area (Å²) in [7, 11) is 0. The Morgan fingerprint density at radius 2 is 2.00 bits per heavy atom. The smallest absolute Gasteiger partial charge is 0.254 e. The van der Waals surface area contributed by atoms with E-state index in [2.05, 4.69) is 10.4 Å². The van der Waals surface area contributed by atoms with Crippen LogP contribution in [0.4, 0.5) is 0 Å². The Labute approximate surface area is 170 Å². The van der Waals surface area contributed by atoms with Gasteiger partial charge in [-0.1, -0.05) is 43.4 Å². The number of rotatable bonds is 6. The third-order valence-corrected chi connectivity index (χ3v) is 5.75. The minimum atomic E-state index is -0.865. The lowest BCUT2D eigenvalue weighted by molar-refractivity contribution is 0.0532. The van der Waals surface area contributed by atoms with Gasteiger partial charge in [0.25, 0.3) is 5.91 Å². The van der Waals surface area contributed by atoms with E-state index in [1.165, 1.54) is 12.8 Å². The number of halogens is 1. The van der Waals surface area contributed by atoms with E-state index in [1.807, 2.05) is 19.1 Å². The molecule has 0 aliphatic heterocycles. The molecule has 1 saturated carbocycles. The van der Waals surface area contributed by atoms with Gasteiger partial charge in [0.05, 0.1) is 29.4 Å². The van der Waals surface area contributed by atoms with Crippen molar-refractivity contribution in [3.8, 4) is 11.3 Å². The SMILES string of the molecule is Cc1cc(-c2ccc(Cl)c(C(=O)NC(O)C3CCCCCC3)c2)nn1CCO. The van der Waals surface area contributed by atoms with E-state index in [0.717, 1.165) is 36.9 Å². The van der Waals surface area contributed by atoms with Gasteiger partial charge >= 0.3 is 0 Å². The van der Waals surface area contributed by atoms with Crippen molar-refractivity contribution >= 4 is 17.5 Å². The van der Waals surface area contributed by atoms with Crippen LogP contribution >= 0.6 is 11.6 Å². The van der Waals surface area contributed by atoms with Crippen LogP contribution in [-0.2, 0) is 6.54 Å². The normalized spacial score (nSPS) is 16.6. The molecule has 1 aliphatic rings. The third kappa shape index (κ3) is 4.93. The maximum absolute atomic E-state index is 12.7. The van der Waals surface area contributed by atoms with Crippen LogP contribution in [0, 0.1) is 12.8 Å². The molecule has 3 rings (SSSR count). The summed E-state index contributed by atoms with van der Waals surface area (Å²) in [6.07, 6.45) is 5.54. The molecular formula is C21H28ClN3O3. The molecule has 0 saturated heterocycles. The van der Waals surface area contributed by atoms with Gasteiger partial charge in [-0.15, -0.1) is 0 Å². The van der Waals surface area contributed by atoms with E-state index in [-0.39, 0.29) is 18.4 Å². The largest absolute Gasteiger partial charge is 0.394 e. The molecule has 1 fully saturated rings. The molecule has 1 unspecified atom stereocenters. The Bertz CT molecular complexity index is 813. The van der Waals surface area contributed by atoms with E-state index >= 15 is 0 Å². The van der Waals surface area contributed by atoms with Crippen molar-refractivity contribution < 1.29 is 15.0 Å². The van der Waals surface area contributed by atoms with Gasteiger partial charge in [0, 0.05) is 17.2 Å². The maximum atomic E-state index is 12.7. The number of aryl methyl sites for hydroxylation is 1. The van der Waals surface area contributed by atoms with Crippen LogP contribution < -0.4 is 5.32 Å². The molecule has 1 aromatic carbocycles. The summed E-state index contributed by atoms with van der Waals surface area (Å²) >= 11 is 6.26. The average Bonchev–Trinajstić information content (AvgIpc) is 2.87. The Morgan fingerprint density at radius 3 is 2.68 bits per heavy atom. The lowest BCUT2D eigenvalue weighted by Crippen LogP contribution is -2.40. The molecule has 0 radical (unpaired) electrons. The first kappa shape index (κ1) is 20.8. The van der Waals surface area contributed by atoms with Gasteiger partial charge < -0.3 is 15.5 Å². The van der Waals surface area contributed by atoms with Gasteiger partial charge in [0.1, 0.15) is 6.23 Å². The first-order valence-electron chi connectivity index (χ1n) is 9.93. The third-order valence-electron chi connectivity index (χ3n) is 5.43. The van der Waals surface area contributed by atoms with Crippen LogP contribution in [0.5, 0.6) is 0 Å². The van der Waals surface area contributed by atoms with Crippen LogP contribution in [0.25, 0.3) is 11.3 Å². The van der Waals surface area contributed by atoms with E-state index < -0.39 is 6.23 Å². The molecule has 1 heterocycles. The van der Waals surface area contributed by atoms with Gasteiger partial charge in [-0.2, -0.15) is 5.10 Å². The fraction of sp³-hybridized carbons (Fsp3) is 0.524. The first-order valence-corrected chi connectivity index (χ1v) is 10.3. The number of nitrogens with zero attached hydrogens (tertiary/aromatic N) is 2. The summed E-state index contributed by atoms with van der Waals surface area (Å²) in [4.78, 5) is 12.7. The number of carbonyl (C=O) groups is 1. The number of nitrogens with one attached hydrogen (secondary N) is 1. The molecular weight excluding hydrogens is 378 g/mol. The predicted octanol–water partition coefficient (Wildman–Crippen LogP) is 3.52. The monoisotopic (exact) mass is 405 g/mol. The van der Waals surface area contributed by atoms with Crippen molar-refractivity contribution in [3.05, 3.63) is 40.5 Å². The molecule has 1 amide bonds. The fourth-order valence-electron chi connectivity index (χ4n) is 3.79. The number of aromatic nitrogens is 2. The van der Waals surface area contributed by atoms with Crippen LogP contribution in [0.1, 0.15) is 54.6 Å². The van der Waals surface area contributed by atoms with Crippen molar-refractivity contribution in [1.82, 2.24) is 15.1 Å². The minimum absolute atomic E-state index is 0.00922. The molecule has 1 aliphatic carbocycles. The summed E-state index contributed by atoms with van der Waals surface area (Å²) in [6, 6.07) is 7.08. The fourth-order valence-corrected chi connectivity index (χ4v) is 3.99. The van der Waals surface area contributed by atoms with Crippen molar-refractivity contribution in [2.24, 2.45) is 5.92 Å². The van der Waals surface area contributed by atoms with Crippen LogP contribution in [0.15, 0.2) is 24.3 Å². The van der Waals surface area contributed by atoms with E-state index in [1.54, 1.807) is 16.8 Å². The van der Waals surface area contributed by atoms with Crippen molar-refractivity contribution in [2.75, 3.05) is 6.61 Å². The highest BCUT2D eigenvalue weighted by Gasteiger charge is 2.24. The number of aliphatic hydroxyl groups excluding tert-OH is 2. The van der Waals surface area contributed by atoms with Crippen LogP contribution in [-0.4, -0.2) is 38.7 Å². The number of hydrogen-bond donors (Lipinski definition) is 3. The summed E-state index contributed by atoms with van der Waals surface area (Å²) < 4.78 is 1.72. The molecule has 7 heteroatoms. The second-order valence-corrected chi connectivity index (χ2v) is 7.89. The summed E-state index contributed by atoms with van der Waals surface area (Å²) in [5.41, 5.74) is 2.72. The number of aliphatic hydroxyl groups is 2. The Hall–Kier alpha value is -1.89. The summed E-state index contributed by atoms with van der Waals surface area (Å²) in [5, 5.41) is 27.2. The highest BCUT2D eigenvalue weighted by atomic mass is 35.5. The number of carbonyl (C=O) groups excluding carboxylic acids is 1. The zero-order valence-corrected chi connectivity index (χ0v) is 17.0. The van der Waals surface area contributed by atoms with Gasteiger partial charge in [-0.25, -0.2) is 0 Å². The zero-order valence-electron chi connectivity index (χ0n) is 16.2. The van der Waals surface area contributed by atoms with E-state index in [4.69, 9.17) is 16.7 Å². The molecule has 28 heavy (non-hydrogen) atoms. The van der Waals surface area contributed by atoms with Gasteiger partial charge in [0.15, 0.2) is 0 Å². The average molecular weight is 406 g/mol. The summed E-state index contributed by atoms with van der Waals surface area (Å²) in [5.74, 6) is -0.291. The number of benzene rings is 1. The molecule has 0 spiro atoms. The molecule has 1 aromatic heterocycles. The minimum Gasteiger partial charge on any atom is -0.394 e. The molecule has 3 N–H and O–H groups in total. The zero-order chi connectivity index (χ0) is 20.1.